The molecule has 7 heteroatoms. The fourth-order valence-electron chi connectivity index (χ4n) is 1.43. The maximum absolute atomic E-state index is 12.3. The van der Waals surface area contributed by atoms with Crippen molar-refractivity contribution in [3.8, 4) is 0 Å². The number of likely N-dealkylation sites (N-methyl/N-ethyl adjacent to an activating group) is 2. The average Bonchev–Trinajstić information content (AvgIpc) is 2.35. The Morgan fingerprint density at radius 1 is 1.44 bits per heavy atom. The van der Waals surface area contributed by atoms with Crippen molar-refractivity contribution in [1.29, 1.82) is 0 Å². The fourth-order valence-corrected chi connectivity index (χ4v) is 2.89. The molecule has 0 aliphatic carbocycles. The lowest BCUT2D eigenvalue weighted by molar-refractivity contribution is -0.120. The van der Waals surface area contributed by atoms with E-state index < -0.39 is 10.0 Å². The van der Waals surface area contributed by atoms with Crippen LogP contribution in [0.25, 0.3) is 0 Å². The summed E-state index contributed by atoms with van der Waals surface area (Å²) in [5.74, 6) is -0.357. The summed E-state index contributed by atoms with van der Waals surface area (Å²) in [7, 11) is -2.22. The van der Waals surface area contributed by atoms with E-state index in [4.69, 9.17) is 5.73 Å². The molecule has 0 atom stereocenters. The zero-order valence-corrected chi connectivity index (χ0v) is 11.2. The summed E-state index contributed by atoms with van der Waals surface area (Å²) in [4.78, 5) is 11.4. The highest BCUT2D eigenvalue weighted by atomic mass is 32.2. The molecular weight excluding hydrogens is 254 g/mol. The first-order chi connectivity index (χ1) is 8.41. The van der Waals surface area contributed by atoms with Gasteiger partial charge in [0.25, 0.3) is 0 Å². The van der Waals surface area contributed by atoms with E-state index in [-0.39, 0.29) is 23.9 Å². The number of carbonyl (C=O) groups is 1. The van der Waals surface area contributed by atoms with Crippen LogP contribution in [0.1, 0.15) is 6.92 Å². The zero-order valence-electron chi connectivity index (χ0n) is 10.4. The molecule has 100 valence electrons. The van der Waals surface area contributed by atoms with Gasteiger partial charge in [0.2, 0.25) is 15.9 Å². The SMILES string of the molecule is CCN(CC(=O)NC)S(=O)(=O)c1cccc(N)c1. The summed E-state index contributed by atoms with van der Waals surface area (Å²) < 4.78 is 25.6. The number of hydrogen-bond acceptors (Lipinski definition) is 4. The number of benzene rings is 1. The van der Waals surface area contributed by atoms with Crippen LogP contribution in [0.2, 0.25) is 0 Å². The molecule has 0 aliphatic heterocycles. The summed E-state index contributed by atoms with van der Waals surface area (Å²) in [6.07, 6.45) is 0. The predicted octanol–water partition coefficient (Wildman–Crippen LogP) is 0.0254. The Bertz CT molecular complexity index is 528. The van der Waals surface area contributed by atoms with Crippen LogP contribution in [0.5, 0.6) is 0 Å². The molecule has 6 nitrogen and oxygen atoms in total. The molecule has 1 aromatic rings. The van der Waals surface area contributed by atoms with E-state index in [0.717, 1.165) is 4.31 Å². The van der Waals surface area contributed by atoms with Crippen molar-refractivity contribution in [3.05, 3.63) is 24.3 Å². The van der Waals surface area contributed by atoms with E-state index in [1.54, 1.807) is 19.1 Å². The normalized spacial score (nSPS) is 11.5. The molecule has 0 aromatic heterocycles. The van der Waals surface area contributed by atoms with Gasteiger partial charge < -0.3 is 11.1 Å². The first-order valence-electron chi connectivity index (χ1n) is 5.48. The van der Waals surface area contributed by atoms with E-state index in [2.05, 4.69) is 5.32 Å². The van der Waals surface area contributed by atoms with Crippen LogP contribution < -0.4 is 11.1 Å². The maximum atomic E-state index is 12.3. The largest absolute Gasteiger partial charge is 0.399 e. The summed E-state index contributed by atoms with van der Waals surface area (Å²) in [5.41, 5.74) is 5.93. The van der Waals surface area contributed by atoms with E-state index >= 15 is 0 Å². The summed E-state index contributed by atoms with van der Waals surface area (Å²) in [5, 5.41) is 2.39. The van der Waals surface area contributed by atoms with Crippen molar-refractivity contribution in [1.82, 2.24) is 9.62 Å². The zero-order chi connectivity index (χ0) is 13.8. The highest BCUT2D eigenvalue weighted by molar-refractivity contribution is 7.89. The molecular formula is C11H17N3O3S. The van der Waals surface area contributed by atoms with Gasteiger partial charge in [0, 0.05) is 19.3 Å². The molecule has 0 aliphatic rings. The number of nitrogen functional groups attached to an aromatic ring is 1. The molecule has 1 amide bonds. The third-order valence-electron chi connectivity index (χ3n) is 2.45. The van der Waals surface area contributed by atoms with Gasteiger partial charge in [-0.1, -0.05) is 13.0 Å². The highest BCUT2D eigenvalue weighted by Gasteiger charge is 2.24. The predicted molar refractivity (Wildman–Crippen MR) is 69.4 cm³/mol. The minimum Gasteiger partial charge on any atom is -0.399 e. The van der Waals surface area contributed by atoms with Crippen molar-refractivity contribution < 1.29 is 13.2 Å². The molecule has 0 saturated heterocycles. The Labute approximate surface area is 107 Å². The van der Waals surface area contributed by atoms with Crippen LogP contribution in [0.15, 0.2) is 29.2 Å². The standard InChI is InChI=1S/C11H17N3O3S/c1-3-14(8-11(15)13-2)18(16,17)10-6-4-5-9(12)7-10/h4-7H,3,8,12H2,1-2H3,(H,13,15). The van der Waals surface area contributed by atoms with E-state index in [9.17, 15) is 13.2 Å². The van der Waals surface area contributed by atoms with Gasteiger partial charge in [-0.2, -0.15) is 4.31 Å². The monoisotopic (exact) mass is 271 g/mol. The summed E-state index contributed by atoms with van der Waals surface area (Å²) >= 11 is 0. The first-order valence-corrected chi connectivity index (χ1v) is 6.92. The van der Waals surface area contributed by atoms with Gasteiger partial charge >= 0.3 is 0 Å². The Hall–Kier alpha value is -1.60. The lowest BCUT2D eigenvalue weighted by atomic mass is 10.3. The Morgan fingerprint density at radius 2 is 2.11 bits per heavy atom. The number of sulfonamides is 1. The summed E-state index contributed by atoms with van der Waals surface area (Å²) in [6.45, 7) is 1.68. The van der Waals surface area contributed by atoms with Gasteiger partial charge in [-0.3, -0.25) is 4.79 Å². The fraction of sp³-hybridized carbons (Fsp3) is 0.364. The Balaban J connectivity index is 3.07. The van der Waals surface area contributed by atoms with Crippen molar-refractivity contribution >= 4 is 21.6 Å². The lowest BCUT2D eigenvalue weighted by Gasteiger charge is -2.19. The van der Waals surface area contributed by atoms with Crippen molar-refractivity contribution in [2.24, 2.45) is 0 Å². The van der Waals surface area contributed by atoms with E-state index in [1.165, 1.54) is 19.2 Å². The second kappa shape index (κ2) is 5.83. The molecule has 1 aromatic carbocycles. The van der Waals surface area contributed by atoms with E-state index in [1.807, 2.05) is 0 Å². The number of nitrogens with two attached hydrogens (primary N) is 1. The van der Waals surface area contributed by atoms with E-state index in [0.29, 0.717) is 5.69 Å². The third kappa shape index (κ3) is 3.21. The third-order valence-corrected chi connectivity index (χ3v) is 4.36. The minimum atomic E-state index is -3.69. The van der Waals surface area contributed by atoms with Gasteiger partial charge in [0.05, 0.1) is 11.4 Å². The number of amides is 1. The van der Waals surface area contributed by atoms with Gasteiger partial charge in [-0.05, 0) is 18.2 Å². The maximum Gasteiger partial charge on any atom is 0.243 e. The van der Waals surface area contributed by atoms with Crippen molar-refractivity contribution in [2.45, 2.75) is 11.8 Å². The van der Waals surface area contributed by atoms with Gasteiger partial charge in [0.1, 0.15) is 0 Å². The van der Waals surface area contributed by atoms with Crippen LogP contribution in [-0.4, -0.2) is 38.8 Å². The van der Waals surface area contributed by atoms with Crippen LogP contribution in [0.4, 0.5) is 5.69 Å². The Morgan fingerprint density at radius 3 is 2.61 bits per heavy atom. The molecule has 0 saturated carbocycles. The smallest absolute Gasteiger partial charge is 0.243 e. The molecule has 0 radical (unpaired) electrons. The molecule has 0 heterocycles. The number of anilines is 1. The summed E-state index contributed by atoms with van der Waals surface area (Å²) in [6, 6.07) is 6.00. The van der Waals surface area contributed by atoms with Crippen LogP contribution in [0, 0.1) is 0 Å². The van der Waals surface area contributed by atoms with Crippen LogP contribution in [-0.2, 0) is 14.8 Å². The number of nitrogens with zero attached hydrogens (tertiary/aromatic N) is 1. The Kier molecular flexibility index (Phi) is 4.69. The average molecular weight is 271 g/mol. The molecule has 3 N–H and O–H groups in total. The second-order valence-electron chi connectivity index (χ2n) is 3.68. The molecule has 0 unspecified atom stereocenters. The molecule has 0 fully saturated rings. The number of rotatable bonds is 5. The minimum absolute atomic E-state index is 0.0910. The number of nitrogens with one attached hydrogen (secondary N) is 1. The van der Waals surface area contributed by atoms with Crippen LogP contribution in [0.3, 0.4) is 0 Å². The molecule has 0 spiro atoms. The first kappa shape index (κ1) is 14.5. The highest BCUT2D eigenvalue weighted by Crippen LogP contribution is 2.17. The second-order valence-corrected chi connectivity index (χ2v) is 5.61. The van der Waals surface area contributed by atoms with Gasteiger partial charge in [-0.15, -0.1) is 0 Å². The van der Waals surface area contributed by atoms with Crippen LogP contribution >= 0.6 is 0 Å². The van der Waals surface area contributed by atoms with Crippen molar-refractivity contribution in [3.63, 3.8) is 0 Å². The number of carbonyl (C=O) groups excluding carboxylic acids is 1. The molecule has 18 heavy (non-hydrogen) atoms. The number of hydrogen-bond donors (Lipinski definition) is 2. The quantitative estimate of drug-likeness (QED) is 0.739. The topological polar surface area (TPSA) is 92.5 Å². The molecule has 0 bridgehead atoms. The molecule has 1 rings (SSSR count). The van der Waals surface area contributed by atoms with Gasteiger partial charge in [0.15, 0.2) is 0 Å². The lowest BCUT2D eigenvalue weighted by Crippen LogP contribution is -2.39. The van der Waals surface area contributed by atoms with Crippen molar-refractivity contribution in [2.75, 3.05) is 25.9 Å². The van der Waals surface area contributed by atoms with Gasteiger partial charge in [-0.25, -0.2) is 8.42 Å².